The number of hydrogen-bond donors (Lipinski definition) is 2. The summed E-state index contributed by atoms with van der Waals surface area (Å²) < 4.78 is 5.43. The smallest absolute Gasteiger partial charge is 0.288 e. The van der Waals surface area contributed by atoms with Crippen LogP contribution in [-0.4, -0.2) is 40.7 Å². The van der Waals surface area contributed by atoms with Gasteiger partial charge in [-0.05, 0) is 24.6 Å². The summed E-state index contributed by atoms with van der Waals surface area (Å²) in [6, 6.07) is 15.7. The quantitative estimate of drug-likeness (QED) is 0.708. The number of nitrogens with one attached hydrogen (secondary N) is 1. The highest BCUT2D eigenvalue weighted by Gasteiger charge is 2.18. The van der Waals surface area contributed by atoms with Crippen molar-refractivity contribution in [3.8, 4) is 5.75 Å². The van der Waals surface area contributed by atoms with Crippen LogP contribution in [-0.2, 0) is 11.2 Å². The standard InChI is InChI=1S/C11H12N4O.C10H11NO2/c1-7-2-4-8(5-3-7)6-9-13-11(10(12)16)15-14-9;1-11-8-4-2-3-5-9(8)13-7-6-10(11)12/h2-5H,6H2,1H3,(H2,12,16)(H,13,14,15);2-5H,6-7H2,1H3. The lowest BCUT2D eigenvalue weighted by molar-refractivity contribution is -0.118. The van der Waals surface area contributed by atoms with Crippen molar-refractivity contribution in [3.05, 3.63) is 71.3 Å². The first-order valence-corrected chi connectivity index (χ1v) is 9.19. The second-order valence-electron chi connectivity index (χ2n) is 6.65. The molecule has 2 aromatic carbocycles. The summed E-state index contributed by atoms with van der Waals surface area (Å²) in [7, 11) is 1.77. The Balaban J connectivity index is 0.000000169. The molecule has 150 valence electrons. The number of anilines is 1. The molecule has 0 aliphatic carbocycles. The van der Waals surface area contributed by atoms with E-state index in [-0.39, 0.29) is 11.7 Å². The van der Waals surface area contributed by atoms with Gasteiger partial charge in [-0.3, -0.25) is 14.7 Å². The molecule has 0 atom stereocenters. The van der Waals surface area contributed by atoms with Gasteiger partial charge in [0.2, 0.25) is 11.7 Å². The number of primary amides is 1. The number of nitrogens with two attached hydrogens (primary N) is 1. The molecule has 2 heterocycles. The van der Waals surface area contributed by atoms with Crippen LogP contribution in [0, 0.1) is 6.92 Å². The van der Waals surface area contributed by atoms with Crippen LogP contribution in [0.2, 0.25) is 0 Å². The minimum absolute atomic E-state index is 0.0297. The van der Waals surface area contributed by atoms with E-state index in [4.69, 9.17) is 10.5 Å². The van der Waals surface area contributed by atoms with Gasteiger partial charge in [-0.15, -0.1) is 5.10 Å². The van der Waals surface area contributed by atoms with Crippen LogP contribution >= 0.6 is 0 Å². The van der Waals surface area contributed by atoms with Crippen molar-refractivity contribution in [3.63, 3.8) is 0 Å². The number of fused-ring (bicyclic) bond motifs is 1. The number of aromatic nitrogens is 3. The maximum absolute atomic E-state index is 11.4. The first-order valence-electron chi connectivity index (χ1n) is 9.19. The average Bonchev–Trinajstić information content (AvgIpc) is 3.13. The first kappa shape index (κ1) is 20.1. The van der Waals surface area contributed by atoms with Gasteiger partial charge in [-0.25, -0.2) is 4.98 Å². The molecule has 1 aliphatic rings. The first-order chi connectivity index (χ1) is 13.9. The van der Waals surface area contributed by atoms with E-state index in [1.807, 2.05) is 55.5 Å². The fourth-order valence-electron chi connectivity index (χ4n) is 2.79. The number of amides is 2. The third kappa shape index (κ3) is 5.19. The Morgan fingerprint density at radius 3 is 2.62 bits per heavy atom. The molecule has 8 nitrogen and oxygen atoms in total. The Labute approximate surface area is 168 Å². The van der Waals surface area contributed by atoms with Gasteiger partial charge in [0.05, 0.1) is 18.7 Å². The Bertz CT molecular complexity index is 998. The normalized spacial score (nSPS) is 12.9. The summed E-state index contributed by atoms with van der Waals surface area (Å²) in [4.78, 5) is 27.8. The minimum Gasteiger partial charge on any atom is -0.491 e. The highest BCUT2D eigenvalue weighted by molar-refractivity contribution is 5.95. The minimum atomic E-state index is -0.619. The maximum Gasteiger partial charge on any atom is 0.288 e. The predicted octanol–water partition coefficient (Wildman–Crippen LogP) is 2.23. The number of H-pyrrole nitrogens is 1. The number of para-hydroxylation sites is 2. The lowest BCUT2D eigenvalue weighted by atomic mass is 10.1. The van der Waals surface area contributed by atoms with Crippen molar-refractivity contribution in [1.29, 1.82) is 0 Å². The third-order valence-corrected chi connectivity index (χ3v) is 4.42. The van der Waals surface area contributed by atoms with Gasteiger partial charge in [-0.2, -0.15) is 0 Å². The van der Waals surface area contributed by atoms with E-state index in [0.29, 0.717) is 25.3 Å². The highest BCUT2D eigenvalue weighted by atomic mass is 16.5. The molecular weight excluding hydrogens is 370 g/mol. The van der Waals surface area contributed by atoms with Crippen LogP contribution in [0.1, 0.15) is 34.0 Å². The van der Waals surface area contributed by atoms with Crippen LogP contribution in [0.5, 0.6) is 5.75 Å². The Hall–Kier alpha value is -3.68. The molecule has 2 amide bonds. The lowest BCUT2D eigenvalue weighted by Crippen LogP contribution is -2.24. The molecule has 8 heteroatoms. The zero-order chi connectivity index (χ0) is 20.8. The number of nitrogens with zero attached hydrogens (tertiary/aromatic N) is 3. The molecule has 1 aliphatic heterocycles. The van der Waals surface area contributed by atoms with Gasteiger partial charge in [0.1, 0.15) is 11.6 Å². The molecule has 3 N–H and O–H groups in total. The van der Waals surface area contributed by atoms with E-state index in [1.165, 1.54) is 5.56 Å². The van der Waals surface area contributed by atoms with Gasteiger partial charge in [0.15, 0.2) is 0 Å². The fraction of sp³-hybridized carbons (Fsp3) is 0.238. The molecule has 1 aromatic heterocycles. The molecular formula is C21H23N5O3. The van der Waals surface area contributed by atoms with E-state index < -0.39 is 5.91 Å². The molecule has 29 heavy (non-hydrogen) atoms. The average molecular weight is 393 g/mol. The van der Waals surface area contributed by atoms with Crippen molar-refractivity contribution in [2.24, 2.45) is 5.73 Å². The summed E-state index contributed by atoms with van der Waals surface area (Å²) in [5.74, 6) is 0.937. The van der Waals surface area contributed by atoms with E-state index >= 15 is 0 Å². The summed E-state index contributed by atoms with van der Waals surface area (Å²) >= 11 is 0. The molecule has 4 rings (SSSR count). The van der Waals surface area contributed by atoms with Gasteiger partial charge in [0, 0.05) is 13.5 Å². The van der Waals surface area contributed by atoms with Gasteiger partial charge in [-0.1, -0.05) is 42.0 Å². The summed E-state index contributed by atoms with van der Waals surface area (Å²) in [5, 5.41) is 6.41. The maximum atomic E-state index is 11.4. The van der Waals surface area contributed by atoms with Gasteiger partial charge >= 0.3 is 0 Å². The van der Waals surface area contributed by atoms with Crippen molar-refractivity contribution < 1.29 is 14.3 Å². The number of aromatic amines is 1. The van der Waals surface area contributed by atoms with Crippen LogP contribution < -0.4 is 15.4 Å². The van der Waals surface area contributed by atoms with Crippen LogP contribution in [0.3, 0.4) is 0 Å². The summed E-state index contributed by atoms with van der Waals surface area (Å²) in [5.41, 5.74) is 8.22. The largest absolute Gasteiger partial charge is 0.491 e. The zero-order valence-corrected chi connectivity index (χ0v) is 16.4. The topological polar surface area (TPSA) is 114 Å². The lowest BCUT2D eigenvalue weighted by Gasteiger charge is -2.15. The summed E-state index contributed by atoms with van der Waals surface area (Å²) in [6.45, 7) is 2.50. The van der Waals surface area contributed by atoms with Gasteiger partial charge < -0.3 is 15.4 Å². The number of ether oxygens (including phenoxy) is 1. The van der Waals surface area contributed by atoms with Gasteiger partial charge in [0.25, 0.3) is 5.91 Å². The number of carbonyl (C=O) groups excluding carboxylic acids is 2. The van der Waals surface area contributed by atoms with Crippen molar-refractivity contribution in [1.82, 2.24) is 15.2 Å². The highest BCUT2D eigenvalue weighted by Crippen LogP contribution is 2.29. The number of rotatable bonds is 3. The molecule has 0 spiro atoms. The van der Waals surface area contributed by atoms with Crippen molar-refractivity contribution in [2.75, 3.05) is 18.6 Å². The molecule has 0 saturated carbocycles. The number of benzene rings is 2. The van der Waals surface area contributed by atoms with Crippen molar-refractivity contribution in [2.45, 2.75) is 19.8 Å². The number of aryl methyl sites for hydroxylation is 1. The number of carbonyl (C=O) groups is 2. The predicted molar refractivity (Wildman–Crippen MR) is 109 cm³/mol. The molecule has 0 radical (unpaired) electrons. The Morgan fingerprint density at radius 2 is 1.93 bits per heavy atom. The second-order valence-corrected chi connectivity index (χ2v) is 6.65. The molecule has 0 bridgehead atoms. The Kier molecular flexibility index (Phi) is 6.23. The van der Waals surface area contributed by atoms with E-state index in [2.05, 4.69) is 15.2 Å². The third-order valence-electron chi connectivity index (χ3n) is 4.42. The van der Waals surface area contributed by atoms with Crippen LogP contribution in [0.25, 0.3) is 0 Å². The second kappa shape index (κ2) is 9.01. The van der Waals surface area contributed by atoms with E-state index in [9.17, 15) is 9.59 Å². The zero-order valence-electron chi connectivity index (χ0n) is 16.4. The molecule has 0 unspecified atom stereocenters. The SMILES string of the molecule is CN1C(=O)CCOc2ccccc21.Cc1ccc(Cc2nc(C(N)=O)n[nH]2)cc1. The molecule has 0 fully saturated rings. The number of hydrogen-bond acceptors (Lipinski definition) is 5. The Morgan fingerprint density at radius 1 is 1.21 bits per heavy atom. The summed E-state index contributed by atoms with van der Waals surface area (Å²) in [6.07, 6.45) is 1.06. The molecule has 0 saturated heterocycles. The monoisotopic (exact) mass is 393 g/mol. The van der Waals surface area contributed by atoms with E-state index in [1.54, 1.807) is 11.9 Å². The van der Waals surface area contributed by atoms with Crippen LogP contribution in [0.15, 0.2) is 48.5 Å². The van der Waals surface area contributed by atoms with Crippen molar-refractivity contribution >= 4 is 17.5 Å². The molecule has 3 aromatic rings. The van der Waals surface area contributed by atoms with E-state index in [0.717, 1.165) is 17.0 Å². The fourth-order valence-corrected chi connectivity index (χ4v) is 2.79. The van der Waals surface area contributed by atoms with Crippen LogP contribution in [0.4, 0.5) is 5.69 Å².